The average Bonchev–Trinajstić information content (AvgIpc) is 2.87. The monoisotopic (exact) mass is 243 g/mol. The van der Waals surface area contributed by atoms with Gasteiger partial charge >= 0.3 is 0 Å². The highest BCUT2D eigenvalue weighted by Gasteiger charge is 2.14. The minimum atomic E-state index is 0.348. The molecule has 0 bridgehead atoms. The summed E-state index contributed by atoms with van der Waals surface area (Å²) in [5.41, 5.74) is 2.85. The van der Waals surface area contributed by atoms with Gasteiger partial charge in [-0.2, -0.15) is 10.4 Å². The molecule has 0 unspecified atom stereocenters. The number of nitriles is 1. The van der Waals surface area contributed by atoms with Crippen molar-refractivity contribution < 1.29 is 9.47 Å². The number of hydrogen-bond acceptors (Lipinski definition) is 4. The van der Waals surface area contributed by atoms with E-state index >= 15 is 0 Å². The number of benzene rings is 1. The number of aromatic amines is 1. The second kappa shape index (κ2) is 4.80. The number of rotatable bonds is 3. The molecule has 92 valence electrons. The zero-order valence-corrected chi connectivity index (χ0v) is 10.4. The Hall–Kier alpha value is -2.48. The predicted octanol–water partition coefficient (Wildman–Crippen LogP) is 2.27. The van der Waals surface area contributed by atoms with Crippen molar-refractivity contribution in [2.24, 2.45) is 0 Å². The number of nitrogens with one attached hydrogen (secondary N) is 1. The molecule has 1 aromatic heterocycles. The van der Waals surface area contributed by atoms with E-state index in [0.717, 1.165) is 22.6 Å². The number of nitrogens with zero attached hydrogens (tertiary/aromatic N) is 2. The Balaban J connectivity index is 2.58. The Kier molecular flexibility index (Phi) is 3.20. The zero-order valence-electron chi connectivity index (χ0n) is 10.4. The van der Waals surface area contributed by atoms with E-state index < -0.39 is 0 Å². The van der Waals surface area contributed by atoms with Crippen molar-refractivity contribution in [2.75, 3.05) is 14.2 Å². The van der Waals surface area contributed by atoms with Crippen molar-refractivity contribution in [3.05, 3.63) is 29.5 Å². The number of H-pyrrole nitrogens is 1. The zero-order chi connectivity index (χ0) is 13.1. The molecule has 0 fully saturated rings. The number of methoxy groups -OCH3 is 2. The molecule has 0 atom stereocenters. The Morgan fingerprint density at radius 2 is 2.06 bits per heavy atom. The smallest absolute Gasteiger partial charge is 0.162 e. The SMILES string of the molecule is COc1ccc(-c2cc(C#N)n[nH]2)c(OC)c1C. The van der Waals surface area contributed by atoms with Gasteiger partial charge in [-0.05, 0) is 19.1 Å². The van der Waals surface area contributed by atoms with Crippen LogP contribution in [0.25, 0.3) is 11.3 Å². The third kappa shape index (κ3) is 1.89. The van der Waals surface area contributed by atoms with Gasteiger partial charge in [0.15, 0.2) is 5.69 Å². The lowest BCUT2D eigenvalue weighted by molar-refractivity contribution is 0.390. The number of aromatic nitrogens is 2. The first-order valence-electron chi connectivity index (χ1n) is 5.38. The molecular formula is C13H13N3O2. The van der Waals surface area contributed by atoms with Gasteiger partial charge < -0.3 is 9.47 Å². The summed E-state index contributed by atoms with van der Waals surface area (Å²) in [6, 6.07) is 7.40. The van der Waals surface area contributed by atoms with Crippen LogP contribution in [0, 0.1) is 18.3 Å². The molecule has 1 N–H and O–H groups in total. The lowest BCUT2D eigenvalue weighted by atomic mass is 10.1. The Morgan fingerprint density at radius 1 is 1.28 bits per heavy atom. The molecule has 0 radical (unpaired) electrons. The fraction of sp³-hybridized carbons (Fsp3) is 0.231. The van der Waals surface area contributed by atoms with E-state index in [2.05, 4.69) is 10.2 Å². The minimum Gasteiger partial charge on any atom is -0.496 e. The van der Waals surface area contributed by atoms with Crippen LogP contribution < -0.4 is 9.47 Å². The van der Waals surface area contributed by atoms with Crippen LogP contribution in [0.3, 0.4) is 0 Å². The third-order valence-corrected chi connectivity index (χ3v) is 2.76. The summed E-state index contributed by atoms with van der Waals surface area (Å²) in [7, 11) is 3.22. The van der Waals surface area contributed by atoms with Gasteiger partial charge in [-0.25, -0.2) is 0 Å². The first-order chi connectivity index (χ1) is 8.71. The lowest BCUT2D eigenvalue weighted by Crippen LogP contribution is -1.95. The van der Waals surface area contributed by atoms with Gasteiger partial charge in [0, 0.05) is 17.2 Å². The standard InChI is InChI=1S/C13H13N3O2/c1-8-12(17-2)5-4-10(13(8)18-3)11-6-9(7-14)15-16-11/h4-6H,1-3H3,(H,15,16). The summed E-state index contributed by atoms with van der Waals surface area (Å²) in [6.07, 6.45) is 0. The summed E-state index contributed by atoms with van der Waals surface area (Å²) in [5.74, 6) is 1.47. The van der Waals surface area contributed by atoms with E-state index in [0.29, 0.717) is 11.4 Å². The summed E-state index contributed by atoms with van der Waals surface area (Å²) in [6.45, 7) is 1.92. The molecule has 0 saturated heterocycles. The molecule has 0 amide bonds. The fourth-order valence-electron chi connectivity index (χ4n) is 1.89. The van der Waals surface area contributed by atoms with Crippen LogP contribution in [0.15, 0.2) is 18.2 Å². The molecule has 2 rings (SSSR count). The summed E-state index contributed by atoms with van der Waals surface area (Å²) >= 11 is 0. The number of ether oxygens (including phenoxy) is 2. The molecule has 5 nitrogen and oxygen atoms in total. The highest BCUT2D eigenvalue weighted by molar-refractivity contribution is 5.71. The van der Waals surface area contributed by atoms with Crippen LogP contribution in [-0.2, 0) is 0 Å². The van der Waals surface area contributed by atoms with Gasteiger partial charge in [0.1, 0.15) is 17.6 Å². The van der Waals surface area contributed by atoms with Crippen LogP contribution >= 0.6 is 0 Å². The molecule has 0 saturated carbocycles. The average molecular weight is 243 g/mol. The predicted molar refractivity (Wildman–Crippen MR) is 66.6 cm³/mol. The van der Waals surface area contributed by atoms with Gasteiger partial charge in [0.25, 0.3) is 0 Å². The van der Waals surface area contributed by atoms with Gasteiger partial charge in [0.05, 0.1) is 19.9 Å². The van der Waals surface area contributed by atoms with E-state index in [-0.39, 0.29) is 0 Å². The van der Waals surface area contributed by atoms with Gasteiger partial charge in [-0.3, -0.25) is 5.10 Å². The van der Waals surface area contributed by atoms with Gasteiger partial charge in [0.2, 0.25) is 0 Å². The van der Waals surface area contributed by atoms with E-state index in [1.807, 2.05) is 25.1 Å². The normalized spacial score (nSPS) is 9.89. The van der Waals surface area contributed by atoms with Crippen molar-refractivity contribution in [2.45, 2.75) is 6.92 Å². The van der Waals surface area contributed by atoms with Crippen LogP contribution in [0.4, 0.5) is 0 Å². The first kappa shape index (κ1) is 12.0. The maximum Gasteiger partial charge on any atom is 0.162 e. The largest absolute Gasteiger partial charge is 0.496 e. The van der Waals surface area contributed by atoms with E-state index in [1.54, 1.807) is 20.3 Å². The minimum absolute atomic E-state index is 0.348. The van der Waals surface area contributed by atoms with Crippen molar-refractivity contribution >= 4 is 0 Å². The second-order valence-corrected chi connectivity index (χ2v) is 3.75. The summed E-state index contributed by atoms with van der Waals surface area (Å²) < 4.78 is 10.7. The molecule has 2 aromatic rings. The summed E-state index contributed by atoms with van der Waals surface area (Å²) in [4.78, 5) is 0. The first-order valence-corrected chi connectivity index (χ1v) is 5.38. The molecule has 18 heavy (non-hydrogen) atoms. The quantitative estimate of drug-likeness (QED) is 0.897. The van der Waals surface area contributed by atoms with E-state index in [9.17, 15) is 0 Å². The third-order valence-electron chi connectivity index (χ3n) is 2.76. The molecule has 1 heterocycles. The second-order valence-electron chi connectivity index (χ2n) is 3.75. The Labute approximate surface area is 105 Å². The Morgan fingerprint density at radius 3 is 2.61 bits per heavy atom. The van der Waals surface area contributed by atoms with Crippen molar-refractivity contribution in [1.82, 2.24) is 10.2 Å². The molecule has 1 aromatic carbocycles. The molecule has 0 aliphatic carbocycles. The van der Waals surface area contributed by atoms with Crippen LogP contribution in [0.1, 0.15) is 11.3 Å². The van der Waals surface area contributed by atoms with Gasteiger partial charge in [-0.1, -0.05) is 0 Å². The van der Waals surface area contributed by atoms with E-state index in [4.69, 9.17) is 14.7 Å². The molecule has 0 aliphatic heterocycles. The highest BCUT2D eigenvalue weighted by atomic mass is 16.5. The van der Waals surface area contributed by atoms with Crippen LogP contribution in [-0.4, -0.2) is 24.4 Å². The lowest BCUT2D eigenvalue weighted by Gasteiger charge is -2.13. The number of hydrogen-bond donors (Lipinski definition) is 1. The molecular weight excluding hydrogens is 230 g/mol. The van der Waals surface area contributed by atoms with Gasteiger partial charge in [-0.15, -0.1) is 0 Å². The maximum atomic E-state index is 8.78. The highest BCUT2D eigenvalue weighted by Crippen LogP contribution is 2.36. The van der Waals surface area contributed by atoms with Crippen molar-refractivity contribution in [3.63, 3.8) is 0 Å². The molecule has 5 heteroatoms. The van der Waals surface area contributed by atoms with Crippen LogP contribution in [0.2, 0.25) is 0 Å². The maximum absolute atomic E-state index is 8.78. The van der Waals surface area contributed by atoms with E-state index in [1.165, 1.54) is 0 Å². The van der Waals surface area contributed by atoms with Crippen LogP contribution in [0.5, 0.6) is 11.5 Å². The summed E-state index contributed by atoms with van der Waals surface area (Å²) in [5, 5.41) is 15.5. The molecule has 0 aliphatic rings. The fourth-order valence-corrected chi connectivity index (χ4v) is 1.89. The molecule has 0 spiro atoms. The van der Waals surface area contributed by atoms with Crippen molar-refractivity contribution in [3.8, 4) is 28.8 Å². The van der Waals surface area contributed by atoms with Crippen molar-refractivity contribution in [1.29, 1.82) is 5.26 Å². The Bertz CT molecular complexity index is 611. The topological polar surface area (TPSA) is 70.9 Å².